The lowest BCUT2D eigenvalue weighted by Crippen LogP contribution is -2.44. The lowest BCUT2D eigenvalue weighted by Gasteiger charge is -2.39. The highest BCUT2D eigenvalue weighted by atomic mass is 16.2. The molecule has 5 heteroatoms. The highest BCUT2D eigenvalue weighted by Crippen LogP contribution is 2.37. The Morgan fingerprint density at radius 1 is 1.00 bits per heavy atom. The Bertz CT molecular complexity index is 994. The van der Waals surface area contributed by atoms with E-state index in [0.717, 1.165) is 61.6 Å². The molecule has 0 saturated carbocycles. The van der Waals surface area contributed by atoms with Gasteiger partial charge in [-0.15, -0.1) is 0 Å². The van der Waals surface area contributed by atoms with Crippen LogP contribution in [-0.4, -0.2) is 46.5 Å². The van der Waals surface area contributed by atoms with E-state index < -0.39 is 0 Å². The highest BCUT2D eigenvalue weighted by molar-refractivity contribution is 5.79. The Balaban J connectivity index is 1.31. The molecule has 0 unspecified atom stereocenters. The number of aromatic nitrogens is 2. The largest absolute Gasteiger partial charge is 0.343 e. The van der Waals surface area contributed by atoms with Gasteiger partial charge in [-0.2, -0.15) is 0 Å². The number of piperidine rings is 1. The van der Waals surface area contributed by atoms with Crippen LogP contribution in [0, 0.1) is 5.41 Å². The standard InChI is InChI=1S/C24H28N4O/c29-23(27-16-13-24(14-17-27)12-15-25-18-24)11-10-22-26-20-8-4-5-9-21(20)28(22)19-6-2-1-3-7-19/h1-9,25H,10-18H2. The van der Waals surface area contributed by atoms with Gasteiger partial charge in [0.2, 0.25) is 5.91 Å². The molecule has 0 bridgehead atoms. The summed E-state index contributed by atoms with van der Waals surface area (Å²) in [4.78, 5) is 19.8. The molecule has 1 aromatic heterocycles. The van der Waals surface area contributed by atoms with E-state index in [4.69, 9.17) is 4.98 Å². The second kappa shape index (κ2) is 7.64. The van der Waals surface area contributed by atoms with E-state index in [-0.39, 0.29) is 5.91 Å². The van der Waals surface area contributed by atoms with Crippen LogP contribution >= 0.6 is 0 Å². The third kappa shape index (κ3) is 3.55. The molecule has 1 amide bonds. The molecule has 0 atom stereocenters. The fraction of sp³-hybridized carbons (Fsp3) is 0.417. The lowest BCUT2D eigenvalue weighted by molar-refractivity contribution is -0.133. The molecule has 2 aliphatic heterocycles. The molecule has 3 aromatic rings. The molecule has 2 fully saturated rings. The normalized spacial score (nSPS) is 18.6. The molecule has 0 aliphatic carbocycles. The van der Waals surface area contributed by atoms with Crippen LogP contribution in [0.25, 0.3) is 16.7 Å². The molecule has 150 valence electrons. The van der Waals surface area contributed by atoms with Crippen molar-refractivity contribution in [2.24, 2.45) is 5.41 Å². The Morgan fingerprint density at radius 3 is 2.52 bits per heavy atom. The maximum absolute atomic E-state index is 12.9. The van der Waals surface area contributed by atoms with Crippen molar-refractivity contribution in [1.29, 1.82) is 0 Å². The van der Waals surface area contributed by atoms with E-state index in [1.54, 1.807) is 0 Å². The predicted octanol–water partition coefficient (Wildman–Crippen LogP) is 3.56. The summed E-state index contributed by atoms with van der Waals surface area (Å²) in [6, 6.07) is 18.5. The number of aryl methyl sites for hydroxylation is 1. The molecule has 29 heavy (non-hydrogen) atoms. The van der Waals surface area contributed by atoms with Crippen molar-refractivity contribution in [2.75, 3.05) is 26.2 Å². The number of para-hydroxylation sites is 3. The Morgan fingerprint density at radius 2 is 1.76 bits per heavy atom. The molecule has 0 radical (unpaired) electrons. The van der Waals surface area contributed by atoms with Crippen molar-refractivity contribution in [3.05, 3.63) is 60.4 Å². The Kier molecular flexibility index (Phi) is 4.84. The number of rotatable bonds is 4. The number of likely N-dealkylation sites (tertiary alicyclic amines) is 1. The van der Waals surface area contributed by atoms with Crippen molar-refractivity contribution in [3.63, 3.8) is 0 Å². The third-order valence-corrected chi connectivity index (χ3v) is 6.72. The van der Waals surface area contributed by atoms with Crippen molar-refractivity contribution in [1.82, 2.24) is 19.8 Å². The van der Waals surface area contributed by atoms with Crippen LogP contribution in [0.4, 0.5) is 0 Å². The maximum Gasteiger partial charge on any atom is 0.223 e. The van der Waals surface area contributed by atoms with Crippen molar-refractivity contribution < 1.29 is 4.79 Å². The molecule has 5 rings (SSSR count). The second-order valence-electron chi connectivity index (χ2n) is 8.50. The van der Waals surface area contributed by atoms with Gasteiger partial charge in [0, 0.05) is 38.2 Å². The first kappa shape index (κ1) is 18.4. The summed E-state index contributed by atoms with van der Waals surface area (Å²) < 4.78 is 2.19. The van der Waals surface area contributed by atoms with E-state index in [2.05, 4.69) is 33.0 Å². The first-order chi connectivity index (χ1) is 14.2. The number of amides is 1. The number of fused-ring (bicyclic) bond motifs is 1. The Hall–Kier alpha value is -2.66. The molecule has 5 nitrogen and oxygen atoms in total. The fourth-order valence-electron chi connectivity index (χ4n) is 4.94. The second-order valence-corrected chi connectivity index (χ2v) is 8.50. The third-order valence-electron chi connectivity index (χ3n) is 6.72. The summed E-state index contributed by atoms with van der Waals surface area (Å²) in [6.07, 6.45) is 4.70. The molecule has 2 saturated heterocycles. The van der Waals surface area contributed by atoms with E-state index in [1.807, 2.05) is 36.4 Å². The first-order valence-electron chi connectivity index (χ1n) is 10.7. The van der Waals surface area contributed by atoms with Gasteiger partial charge in [0.05, 0.1) is 11.0 Å². The summed E-state index contributed by atoms with van der Waals surface area (Å²) in [5, 5.41) is 3.49. The quantitative estimate of drug-likeness (QED) is 0.744. The van der Waals surface area contributed by atoms with Crippen molar-refractivity contribution in [3.8, 4) is 5.69 Å². The van der Waals surface area contributed by atoms with Crippen LogP contribution < -0.4 is 5.32 Å². The van der Waals surface area contributed by atoms with Crippen LogP contribution in [-0.2, 0) is 11.2 Å². The summed E-state index contributed by atoms with van der Waals surface area (Å²) in [5.41, 5.74) is 3.61. The average Bonchev–Trinajstić information content (AvgIpc) is 3.37. The van der Waals surface area contributed by atoms with Crippen LogP contribution in [0.1, 0.15) is 31.5 Å². The van der Waals surface area contributed by atoms with Gasteiger partial charge in [0.15, 0.2) is 0 Å². The maximum atomic E-state index is 12.9. The fourth-order valence-corrected chi connectivity index (χ4v) is 4.94. The van der Waals surface area contributed by atoms with Gasteiger partial charge >= 0.3 is 0 Å². The number of hydrogen-bond acceptors (Lipinski definition) is 3. The van der Waals surface area contributed by atoms with Crippen molar-refractivity contribution in [2.45, 2.75) is 32.1 Å². The number of carbonyl (C=O) groups excluding carboxylic acids is 1. The van der Waals surface area contributed by atoms with Gasteiger partial charge in [-0.1, -0.05) is 30.3 Å². The number of carbonyl (C=O) groups is 1. The minimum Gasteiger partial charge on any atom is -0.343 e. The van der Waals surface area contributed by atoms with Crippen molar-refractivity contribution >= 4 is 16.9 Å². The topological polar surface area (TPSA) is 50.2 Å². The van der Waals surface area contributed by atoms with Crippen LogP contribution in [0.5, 0.6) is 0 Å². The number of nitrogens with one attached hydrogen (secondary N) is 1. The van der Waals surface area contributed by atoms with E-state index in [1.165, 1.54) is 6.42 Å². The molecule has 1 spiro atoms. The smallest absolute Gasteiger partial charge is 0.223 e. The van der Waals surface area contributed by atoms with Gasteiger partial charge in [-0.25, -0.2) is 4.98 Å². The zero-order valence-electron chi connectivity index (χ0n) is 16.8. The number of imidazole rings is 1. The summed E-state index contributed by atoms with van der Waals surface area (Å²) in [6.45, 7) is 4.05. The molecular formula is C24H28N4O. The molecule has 2 aliphatic rings. The first-order valence-corrected chi connectivity index (χ1v) is 10.7. The summed E-state index contributed by atoms with van der Waals surface area (Å²) in [7, 11) is 0. The number of benzene rings is 2. The van der Waals surface area contributed by atoms with Crippen LogP contribution in [0.3, 0.4) is 0 Å². The predicted molar refractivity (Wildman–Crippen MR) is 115 cm³/mol. The lowest BCUT2D eigenvalue weighted by atomic mass is 9.78. The number of hydrogen-bond donors (Lipinski definition) is 1. The van der Waals surface area contributed by atoms with Gasteiger partial charge in [-0.05, 0) is 55.5 Å². The van der Waals surface area contributed by atoms with Gasteiger partial charge in [0.1, 0.15) is 5.82 Å². The minimum atomic E-state index is 0.262. The summed E-state index contributed by atoms with van der Waals surface area (Å²) in [5.74, 6) is 1.22. The Labute approximate surface area is 171 Å². The highest BCUT2D eigenvalue weighted by Gasteiger charge is 2.37. The van der Waals surface area contributed by atoms with Crippen LogP contribution in [0.15, 0.2) is 54.6 Å². The summed E-state index contributed by atoms with van der Waals surface area (Å²) >= 11 is 0. The van der Waals surface area contributed by atoms with Gasteiger partial charge < -0.3 is 10.2 Å². The molecule has 2 aromatic carbocycles. The van der Waals surface area contributed by atoms with E-state index in [0.29, 0.717) is 18.3 Å². The van der Waals surface area contributed by atoms with E-state index >= 15 is 0 Å². The minimum absolute atomic E-state index is 0.262. The molecule has 1 N–H and O–H groups in total. The monoisotopic (exact) mass is 388 g/mol. The molecule has 3 heterocycles. The van der Waals surface area contributed by atoms with Gasteiger partial charge in [-0.3, -0.25) is 9.36 Å². The van der Waals surface area contributed by atoms with Gasteiger partial charge in [0.25, 0.3) is 0 Å². The van der Waals surface area contributed by atoms with Crippen LogP contribution in [0.2, 0.25) is 0 Å². The SMILES string of the molecule is O=C(CCc1nc2ccccc2n1-c1ccccc1)N1CCC2(CCNC2)CC1. The van der Waals surface area contributed by atoms with E-state index in [9.17, 15) is 4.79 Å². The molecular weight excluding hydrogens is 360 g/mol. The zero-order chi connectivity index (χ0) is 19.7. The average molecular weight is 389 g/mol. The number of nitrogens with zero attached hydrogens (tertiary/aromatic N) is 3. The zero-order valence-corrected chi connectivity index (χ0v) is 16.8.